The molecule has 2 aromatic rings. The third kappa shape index (κ3) is 3.62. The average Bonchev–Trinajstić information content (AvgIpc) is 2.49. The van der Waals surface area contributed by atoms with E-state index in [-0.39, 0.29) is 12.5 Å². The lowest BCUT2D eigenvalue weighted by Crippen LogP contribution is -2.13. The predicted octanol–water partition coefficient (Wildman–Crippen LogP) is 3.29. The molecule has 2 N–H and O–H groups in total. The van der Waals surface area contributed by atoms with Gasteiger partial charge in [0.05, 0.1) is 6.61 Å². The molecule has 2 aromatic carbocycles. The van der Waals surface area contributed by atoms with Crippen LogP contribution < -0.4 is 5.32 Å². The van der Waals surface area contributed by atoms with Crippen LogP contribution in [0.25, 0.3) is 0 Å². The van der Waals surface area contributed by atoms with E-state index in [4.69, 9.17) is 0 Å². The molecule has 0 aliphatic carbocycles. The number of aliphatic hydroxyl groups excluding tert-OH is 1. The number of anilines is 1. The van der Waals surface area contributed by atoms with Crippen LogP contribution in [0.5, 0.6) is 0 Å². The third-order valence-corrected chi connectivity index (χ3v) is 3.59. The van der Waals surface area contributed by atoms with Crippen molar-refractivity contribution in [3.05, 3.63) is 65.2 Å². The number of para-hydroxylation sites is 1. The van der Waals surface area contributed by atoms with Gasteiger partial charge in [0, 0.05) is 22.6 Å². The highest BCUT2D eigenvalue weighted by atomic mass is 32.2. The van der Waals surface area contributed by atoms with Gasteiger partial charge in [0.2, 0.25) is 0 Å². The SMILES string of the molecule is CSCc1ccc(C(=O)Nc2ccccc2CO)cc1. The van der Waals surface area contributed by atoms with E-state index in [1.54, 1.807) is 23.9 Å². The minimum absolute atomic E-state index is 0.0941. The summed E-state index contributed by atoms with van der Waals surface area (Å²) in [5, 5.41) is 12.1. The van der Waals surface area contributed by atoms with Crippen LogP contribution in [0.3, 0.4) is 0 Å². The van der Waals surface area contributed by atoms with E-state index >= 15 is 0 Å². The second-order valence-electron chi connectivity index (χ2n) is 4.40. The van der Waals surface area contributed by atoms with Crippen LogP contribution in [0.4, 0.5) is 5.69 Å². The van der Waals surface area contributed by atoms with Crippen LogP contribution >= 0.6 is 11.8 Å². The number of hydrogen-bond acceptors (Lipinski definition) is 3. The highest BCUT2D eigenvalue weighted by molar-refractivity contribution is 7.97. The van der Waals surface area contributed by atoms with Crippen LogP contribution in [0.1, 0.15) is 21.5 Å². The van der Waals surface area contributed by atoms with Gasteiger partial charge in [-0.2, -0.15) is 11.8 Å². The molecule has 0 unspecified atom stereocenters. The van der Waals surface area contributed by atoms with Gasteiger partial charge in [-0.05, 0) is 30.0 Å². The lowest BCUT2D eigenvalue weighted by atomic mass is 10.1. The highest BCUT2D eigenvalue weighted by Gasteiger charge is 2.08. The van der Waals surface area contributed by atoms with E-state index < -0.39 is 0 Å². The fourth-order valence-corrected chi connectivity index (χ4v) is 2.42. The summed E-state index contributed by atoms with van der Waals surface area (Å²) in [6.45, 7) is -0.0941. The Bertz CT molecular complexity index is 581. The van der Waals surface area contributed by atoms with Crippen molar-refractivity contribution in [2.24, 2.45) is 0 Å². The molecule has 0 bridgehead atoms. The molecular formula is C16H17NO2S. The first-order valence-corrected chi connectivity index (χ1v) is 7.72. The Hall–Kier alpha value is -1.78. The predicted molar refractivity (Wildman–Crippen MR) is 84.0 cm³/mol. The third-order valence-electron chi connectivity index (χ3n) is 2.96. The summed E-state index contributed by atoms with van der Waals surface area (Å²) < 4.78 is 0. The molecule has 0 saturated carbocycles. The summed E-state index contributed by atoms with van der Waals surface area (Å²) in [7, 11) is 0. The molecule has 0 radical (unpaired) electrons. The van der Waals surface area contributed by atoms with Crippen LogP contribution in [-0.4, -0.2) is 17.3 Å². The molecule has 0 saturated heterocycles. The number of amides is 1. The Kier molecular flexibility index (Phi) is 5.21. The number of carbonyl (C=O) groups is 1. The van der Waals surface area contributed by atoms with Gasteiger partial charge in [0.15, 0.2) is 0 Å². The number of hydrogen-bond donors (Lipinski definition) is 2. The van der Waals surface area contributed by atoms with Crippen molar-refractivity contribution in [3.63, 3.8) is 0 Å². The highest BCUT2D eigenvalue weighted by Crippen LogP contribution is 2.17. The molecule has 4 heteroatoms. The van der Waals surface area contributed by atoms with Gasteiger partial charge in [-0.1, -0.05) is 30.3 Å². The Labute approximate surface area is 123 Å². The molecule has 2 rings (SSSR count). The largest absolute Gasteiger partial charge is 0.392 e. The number of rotatable bonds is 5. The van der Waals surface area contributed by atoms with Crippen LogP contribution in [0.2, 0.25) is 0 Å². The van der Waals surface area contributed by atoms with Crippen molar-refractivity contribution >= 4 is 23.4 Å². The van der Waals surface area contributed by atoms with Crippen molar-refractivity contribution in [1.82, 2.24) is 0 Å². The first kappa shape index (κ1) is 14.6. The van der Waals surface area contributed by atoms with Gasteiger partial charge in [-0.3, -0.25) is 4.79 Å². The second kappa shape index (κ2) is 7.12. The van der Waals surface area contributed by atoms with E-state index in [0.29, 0.717) is 16.8 Å². The zero-order chi connectivity index (χ0) is 14.4. The maximum atomic E-state index is 12.2. The van der Waals surface area contributed by atoms with Crippen LogP contribution in [-0.2, 0) is 12.4 Å². The minimum Gasteiger partial charge on any atom is -0.392 e. The Morgan fingerprint density at radius 3 is 2.50 bits per heavy atom. The maximum absolute atomic E-state index is 12.2. The number of carbonyl (C=O) groups excluding carboxylic acids is 1. The summed E-state index contributed by atoms with van der Waals surface area (Å²) in [6, 6.07) is 14.8. The topological polar surface area (TPSA) is 49.3 Å². The average molecular weight is 287 g/mol. The summed E-state index contributed by atoms with van der Waals surface area (Å²) in [5.41, 5.74) is 3.17. The lowest BCUT2D eigenvalue weighted by Gasteiger charge is -2.09. The smallest absolute Gasteiger partial charge is 0.255 e. The van der Waals surface area contributed by atoms with Gasteiger partial charge < -0.3 is 10.4 Å². The second-order valence-corrected chi connectivity index (χ2v) is 5.27. The molecule has 20 heavy (non-hydrogen) atoms. The lowest BCUT2D eigenvalue weighted by molar-refractivity contribution is 0.102. The van der Waals surface area contributed by atoms with Gasteiger partial charge in [0.1, 0.15) is 0 Å². The standard InChI is InChI=1S/C16H17NO2S/c1-20-11-12-6-8-13(9-7-12)16(19)17-15-5-3-2-4-14(15)10-18/h2-9,18H,10-11H2,1H3,(H,17,19). The summed E-state index contributed by atoms with van der Waals surface area (Å²) in [4.78, 5) is 12.2. The number of aliphatic hydroxyl groups is 1. The minimum atomic E-state index is -0.165. The fraction of sp³-hybridized carbons (Fsp3) is 0.188. The normalized spacial score (nSPS) is 10.3. The van der Waals surface area contributed by atoms with Crippen molar-refractivity contribution < 1.29 is 9.90 Å². The van der Waals surface area contributed by atoms with Gasteiger partial charge in [-0.25, -0.2) is 0 Å². The molecule has 0 heterocycles. The van der Waals surface area contributed by atoms with Crippen molar-refractivity contribution in [2.45, 2.75) is 12.4 Å². The first-order valence-electron chi connectivity index (χ1n) is 6.32. The van der Waals surface area contributed by atoms with E-state index in [0.717, 1.165) is 5.75 Å². The Morgan fingerprint density at radius 1 is 1.15 bits per heavy atom. The molecule has 0 spiro atoms. The number of benzene rings is 2. The Morgan fingerprint density at radius 2 is 1.85 bits per heavy atom. The van der Waals surface area contributed by atoms with E-state index in [9.17, 15) is 9.90 Å². The van der Waals surface area contributed by atoms with Crippen molar-refractivity contribution in [3.8, 4) is 0 Å². The zero-order valence-corrected chi connectivity index (χ0v) is 12.1. The maximum Gasteiger partial charge on any atom is 0.255 e. The molecule has 104 valence electrons. The van der Waals surface area contributed by atoms with Crippen molar-refractivity contribution in [1.29, 1.82) is 0 Å². The molecule has 0 fully saturated rings. The summed E-state index contributed by atoms with van der Waals surface area (Å²) in [5.74, 6) is 0.775. The fourth-order valence-electron chi connectivity index (χ4n) is 1.89. The van der Waals surface area contributed by atoms with Crippen LogP contribution in [0.15, 0.2) is 48.5 Å². The Balaban J connectivity index is 2.11. The molecule has 0 aromatic heterocycles. The number of thioether (sulfide) groups is 1. The monoisotopic (exact) mass is 287 g/mol. The molecule has 0 aliphatic rings. The molecule has 0 aliphatic heterocycles. The molecular weight excluding hydrogens is 270 g/mol. The van der Waals surface area contributed by atoms with E-state index in [1.807, 2.05) is 42.7 Å². The van der Waals surface area contributed by atoms with Crippen molar-refractivity contribution in [2.75, 3.05) is 11.6 Å². The van der Waals surface area contributed by atoms with Crippen LogP contribution in [0, 0.1) is 0 Å². The quantitative estimate of drug-likeness (QED) is 0.887. The number of nitrogens with one attached hydrogen (secondary N) is 1. The van der Waals surface area contributed by atoms with Gasteiger partial charge in [-0.15, -0.1) is 0 Å². The first-order chi connectivity index (χ1) is 9.74. The summed E-state index contributed by atoms with van der Waals surface area (Å²) in [6.07, 6.45) is 2.05. The zero-order valence-electron chi connectivity index (χ0n) is 11.3. The van der Waals surface area contributed by atoms with E-state index in [2.05, 4.69) is 5.32 Å². The van der Waals surface area contributed by atoms with Gasteiger partial charge >= 0.3 is 0 Å². The van der Waals surface area contributed by atoms with Gasteiger partial charge in [0.25, 0.3) is 5.91 Å². The van der Waals surface area contributed by atoms with E-state index in [1.165, 1.54) is 5.56 Å². The summed E-state index contributed by atoms with van der Waals surface area (Å²) >= 11 is 1.75. The molecule has 0 atom stereocenters. The molecule has 1 amide bonds. The molecule has 3 nitrogen and oxygen atoms in total.